The standard InChI is InChI=1S/C74H147NO26/c1-4-7-9-11-13-15-17-19-21-23-74(73(77)78,24-22-20-18-16-14-12-10-8-5-2)72(76)75-25-27-80-29-31-82-33-35-84-37-39-86-41-43-88-45-47-90-49-51-92-53-55-94-57-59-96-61-63-98-65-67-100-69-71-101-70-68-99-66-64-97-62-60-95-58-56-93-54-52-91-50-48-89-46-44-87-42-40-85-38-36-83-34-32-81-30-28-79-26-6-3/h4-71H2,1-3H3,(H,75,76)(H,77,78). The third-order valence-electron chi connectivity index (χ3n) is 15.3. The molecule has 0 aliphatic rings. The van der Waals surface area contributed by atoms with Gasteiger partial charge in [0.05, 0.1) is 297 Å². The molecule has 0 aromatic carbocycles. The molecule has 0 unspecified atom stereocenters. The summed E-state index contributed by atoms with van der Waals surface area (Å²) in [4.78, 5) is 26.3. The summed E-state index contributed by atoms with van der Waals surface area (Å²) in [5.74, 6) is -1.39. The topological polar surface area (TPSA) is 279 Å². The second-order valence-corrected chi connectivity index (χ2v) is 23.9. The number of hydrogen-bond donors (Lipinski definition) is 2. The Bertz CT molecular complexity index is 1550. The van der Waals surface area contributed by atoms with Gasteiger partial charge in [0.2, 0.25) is 5.91 Å². The van der Waals surface area contributed by atoms with E-state index in [1.807, 2.05) is 0 Å². The average molecular weight is 1470 g/mol. The number of ether oxygens (including phenoxy) is 23. The second-order valence-electron chi connectivity index (χ2n) is 23.9. The highest BCUT2D eigenvalue weighted by Crippen LogP contribution is 2.33. The second kappa shape index (κ2) is 88.6. The van der Waals surface area contributed by atoms with Crippen LogP contribution in [0.5, 0.6) is 0 Å². The van der Waals surface area contributed by atoms with E-state index in [0.29, 0.717) is 304 Å². The SMILES string of the molecule is CCCCCCCCCCCC(CCCCCCCCCCC)(C(=O)O)C(=O)NCCOCCOCCOCCOCCOCCOCCOCCOCCOCCOCCOCCOCCOCCOCCOCCOCCOCCOCCOCCOCCOCCOCCOCCC. The minimum absolute atomic E-state index is 0.258. The molecular weight excluding hydrogens is 1320 g/mol. The Kier molecular flexibility index (Phi) is 86.9. The quantitative estimate of drug-likeness (QED) is 0.0425. The lowest BCUT2D eigenvalue weighted by atomic mass is 9.76. The number of rotatable bonds is 93. The van der Waals surface area contributed by atoms with E-state index in [1.54, 1.807) is 0 Å². The first kappa shape index (κ1) is 99.0. The average Bonchev–Trinajstić information content (AvgIpc) is 0.824. The van der Waals surface area contributed by atoms with E-state index in [9.17, 15) is 14.7 Å². The van der Waals surface area contributed by atoms with Crippen molar-refractivity contribution in [1.29, 1.82) is 0 Å². The Morgan fingerprint density at radius 1 is 0.208 bits per heavy atom. The highest BCUT2D eigenvalue weighted by molar-refractivity contribution is 6.01. The van der Waals surface area contributed by atoms with Gasteiger partial charge < -0.3 is 119 Å². The number of carbonyl (C=O) groups is 2. The first-order valence-corrected chi connectivity index (χ1v) is 38.8. The third-order valence-corrected chi connectivity index (χ3v) is 15.3. The van der Waals surface area contributed by atoms with Crippen molar-refractivity contribution in [2.75, 3.05) is 310 Å². The first-order valence-electron chi connectivity index (χ1n) is 38.8. The fourth-order valence-corrected chi connectivity index (χ4v) is 9.63. The molecule has 0 fully saturated rings. The van der Waals surface area contributed by atoms with Gasteiger partial charge in [0.15, 0.2) is 0 Å². The van der Waals surface area contributed by atoms with E-state index in [-0.39, 0.29) is 19.1 Å². The van der Waals surface area contributed by atoms with Crippen LogP contribution in [-0.2, 0) is 119 Å². The molecular formula is C74H147NO26. The summed E-state index contributed by atoms with van der Waals surface area (Å²) in [5, 5.41) is 13.4. The number of amides is 1. The third kappa shape index (κ3) is 78.9. The van der Waals surface area contributed by atoms with Crippen LogP contribution in [0.4, 0.5) is 0 Å². The summed E-state index contributed by atoms with van der Waals surface area (Å²) >= 11 is 0. The molecule has 0 rings (SSSR count). The van der Waals surface area contributed by atoms with Crippen molar-refractivity contribution in [2.45, 2.75) is 156 Å². The molecule has 0 saturated carbocycles. The van der Waals surface area contributed by atoms with E-state index in [2.05, 4.69) is 26.1 Å². The molecule has 0 bridgehead atoms. The highest BCUT2D eigenvalue weighted by Gasteiger charge is 2.44. The summed E-state index contributed by atoms with van der Waals surface area (Å²) in [7, 11) is 0. The molecule has 27 heteroatoms. The van der Waals surface area contributed by atoms with Crippen molar-refractivity contribution in [1.82, 2.24) is 5.32 Å². The summed E-state index contributed by atoms with van der Waals surface area (Å²) in [6, 6.07) is 0. The van der Waals surface area contributed by atoms with Crippen LogP contribution in [0.1, 0.15) is 156 Å². The molecule has 0 aromatic heterocycles. The van der Waals surface area contributed by atoms with Crippen LogP contribution in [0, 0.1) is 5.41 Å². The fourth-order valence-electron chi connectivity index (χ4n) is 9.63. The van der Waals surface area contributed by atoms with Gasteiger partial charge in [-0.15, -0.1) is 0 Å². The molecule has 101 heavy (non-hydrogen) atoms. The van der Waals surface area contributed by atoms with Crippen LogP contribution in [-0.4, -0.2) is 327 Å². The maximum Gasteiger partial charge on any atom is 0.319 e. The van der Waals surface area contributed by atoms with E-state index in [0.717, 1.165) is 51.6 Å². The highest BCUT2D eigenvalue weighted by atomic mass is 16.6. The number of carbonyl (C=O) groups excluding carboxylic acids is 1. The number of aliphatic carboxylic acids is 1. The zero-order valence-corrected chi connectivity index (χ0v) is 63.7. The van der Waals surface area contributed by atoms with Crippen molar-refractivity contribution in [3.8, 4) is 0 Å². The monoisotopic (exact) mass is 1470 g/mol. The number of carboxylic acid groups (broad SMARTS) is 1. The number of unbranched alkanes of at least 4 members (excludes halogenated alkanes) is 16. The Balaban J connectivity index is 3.40. The molecule has 0 aromatic rings. The van der Waals surface area contributed by atoms with Crippen LogP contribution in [0.3, 0.4) is 0 Å². The van der Waals surface area contributed by atoms with E-state index >= 15 is 0 Å². The van der Waals surface area contributed by atoms with Crippen LogP contribution in [0.2, 0.25) is 0 Å². The number of nitrogens with one attached hydrogen (secondary N) is 1. The number of carboxylic acids is 1. The van der Waals surface area contributed by atoms with Crippen LogP contribution in [0.25, 0.3) is 0 Å². The van der Waals surface area contributed by atoms with E-state index in [4.69, 9.17) is 109 Å². The van der Waals surface area contributed by atoms with Gasteiger partial charge in [0, 0.05) is 13.2 Å². The largest absolute Gasteiger partial charge is 0.480 e. The van der Waals surface area contributed by atoms with Crippen LogP contribution >= 0.6 is 0 Å². The zero-order valence-electron chi connectivity index (χ0n) is 63.7. The van der Waals surface area contributed by atoms with Crippen LogP contribution < -0.4 is 5.32 Å². The van der Waals surface area contributed by atoms with Crippen molar-refractivity contribution < 1.29 is 124 Å². The lowest BCUT2D eigenvalue weighted by molar-refractivity contribution is -0.157. The van der Waals surface area contributed by atoms with Gasteiger partial charge >= 0.3 is 5.97 Å². The summed E-state index contributed by atoms with van der Waals surface area (Å²) in [6.45, 7) is 29.1. The van der Waals surface area contributed by atoms with Crippen LogP contribution in [0.15, 0.2) is 0 Å². The molecule has 0 aliphatic carbocycles. The lowest BCUT2D eigenvalue weighted by Crippen LogP contribution is -2.47. The van der Waals surface area contributed by atoms with Crippen molar-refractivity contribution in [3.63, 3.8) is 0 Å². The smallest absolute Gasteiger partial charge is 0.319 e. The van der Waals surface area contributed by atoms with E-state index < -0.39 is 11.4 Å². The Morgan fingerprint density at radius 3 is 0.515 bits per heavy atom. The van der Waals surface area contributed by atoms with Gasteiger partial charge in [-0.05, 0) is 19.3 Å². The molecule has 1 amide bonds. The molecule has 0 radical (unpaired) electrons. The summed E-state index contributed by atoms with van der Waals surface area (Å²) in [6.07, 6.45) is 22.3. The normalized spacial score (nSPS) is 11.9. The molecule has 0 spiro atoms. The molecule has 27 nitrogen and oxygen atoms in total. The van der Waals surface area contributed by atoms with Gasteiger partial charge in [0.1, 0.15) is 5.41 Å². The van der Waals surface area contributed by atoms with Crippen molar-refractivity contribution in [3.05, 3.63) is 0 Å². The molecule has 0 atom stereocenters. The fraction of sp³-hybridized carbons (Fsp3) is 0.973. The summed E-state index contributed by atoms with van der Waals surface area (Å²) < 4.78 is 127. The zero-order chi connectivity index (χ0) is 72.7. The predicted molar refractivity (Wildman–Crippen MR) is 386 cm³/mol. The predicted octanol–water partition coefficient (Wildman–Crippen LogP) is 8.81. The Morgan fingerprint density at radius 2 is 0.356 bits per heavy atom. The first-order chi connectivity index (χ1) is 50.0. The molecule has 604 valence electrons. The van der Waals surface area contributed by atoms with Gasteiger partial charge in [-0.3, -0.25) is 9.59 Å². The van der Waals surface area contributed by atoms with Crippen molar-refractivity contribution >= 4 is 11.9 Å². The van der Waals surface area contributed by atoms with Gasteiger partial charge in [-0.25, -0.2) is 0 Å². The van der Waals surface area contributed by atoms with Gasteiger partial charge in [-0.1, -0.05) is 136 Å². The maximum atomic E-state index is 13.6. The molecule has 0 aliphatic heterocycles. The minimum atomic E-state index is -1.39. The van der Waals surface area contributed by atoms with E-state index in [1.165, 1.54) is 77.0 Å². The van der Waals surface area contributed by atoms with Gasteiger partial charge in [-0.2, -0.15) is 0 Å². The summed E-state index contributed by atoms with van der Waals surface area (Å²) in [5.41, 5.74) is -1.39. The minimum Gasteiger partial charge on any atom is -0.480 e. The Labute approximate surface area is 610 Å². The molecule has 0 heterocycles. The lowest BCUT2D eigenvalue weighted by Gasteiger charge is -2.28. The molecule has 0 saturated heterocycles. The van der Waals surface area contributed by atoms with Gasteiger partial charge in [0.25, 0.3) is 0 Å². The molecule has 2 N–H and O–H groups in total. The van der Waals surface area contributed by atoms with Crippen molar-refractivity contribution in [2.24, 2.45) is 5.41 Å². The number of hydrogen-bond acceptors (Lipinski definition) is 25. The maximum absolute atomic E-state index is 13.6. The Hall–Kier alpha value is -1.98.